The maximum absolute atomic E-state index is 11.2. The number of aliphatic hydroxyl groups excluding tert-OH is 2. The van der Waals surface area contributed by atoms with Crippen molar-refractivity contribution < 1.29 is 29.6 Å². The Bertz CT molecular complexity index is 502. The summed E-state index contributed by atoms with van der Waals surface area (Å²) in [6, 6.07) is 3.74. The molecule has 1 aromatic rings. The van der Waals surface area contributed by atoms with E-state index >= 15 is 0 Å². The molecule has 0 aliphatic rings. The van der Waals surface area contributed by atoms with Gasteiger partial charge in [-0.3, -0.25) is 4.79 Å². The van der Waals surface area contributed by atoms with Crippen molar-refractivity contribution in [3.63, 3.8) is 0 Å². The van der Waals surface area contributed by atoms with Gasteiger partial charge in [-0.05, 0) is 25.1 Å². The van der Waals surface area contributed by atoms with Crippen LogP contribution < -0.4 is 0 Å². The van der Waals surface area contributed by atoms with Crippen molar-refractivity contribution in [2.45, 2.75) is 25.6 Å². The molecular formula is C13H15ClO6. The van der Waals surface area contributed by atoms with Crippen LogP contribution in [-0.2, 0) is 9.53 Å². The average Bonchev–Trinajstić information content (AvgIpc) is 2.38. The summed E-state index contributed by atoms with van der Waals surface area (Å²) in [6.07, 6.45) is -3.33. The normalized spacial score (nSPS) is 13.6. The van der Waals surface area contributed by atoms with Gasteiger partial charge in [0.2, 0.25) is 0 Å². The van der Waals surface area contributed by atoms with Crippen LogP contribution in [0.3, 0.4) is 0 Å². The molecule has 0 fully saturated rings. The lowest BCUT2D eigenvalue weighted by Gasteiger charge is -2.19. The first-order chi connectivity index (χ1) is 9.36. The molecule has 2 atom stereocenters. The Morgan fingerprint density at radius 3 is 2.55 bits per heavy atom. The molecule has 0 bridgehead atoms. The molecule has 1 aromatic carbocycles. The van der Waals surface area contributed by atoms with Crippen molar-refractivity contribution >= 4 is 23.5 Å². The average molecular weight is 303 g/mol. The van der Waals surface area contributed by atoms with Crippen LogP contribution in [0.1, 0.15) is 35.4 Å². The lowest BCUT2D eigenvalue weighted by atomic mass is 10.00. The van der Waals surface area contributed by atoms with E-state index in [2.05, 4.69) is 4.74 Å². The predicted octanol–water partition coefficient (Wildman–Crippen LogP) is 1.39. The Hall–Kier alpha value is -1.63. The smallest absolute Gasteiger partial charge is 0.335 e. The first kappa shape index (κ1) is 16.4. The Morgan fingerprint density at radius 2 is 2.00 bits per heavy atom. The van der Waals surface area contributed by atoms with Crippen molar-refractivity contribution in [3.05, 3.63) is 34.3 Å². The third-order valence-corrected chi connectivity index (χ3v) is 2.95. The van der Waals surface area contributed by atoms with Gasteiger partial charge in [0.25, 0.3) is 0 Å². The lowest BCUT2D eigenvalue weighted by Crippen LogP contribution is -2.23. The number of esters is 1. The molecule has 0 spiro atoms. The minimum absolute atomic E-state index is 0.0448. The molecule has 0 saturated carbocycles. The van der Waals surface area contributed by atoms with Crippen LogP contribution in [0.2, 0.25) is 5.02 Å². The number of aliphatic hydroxyl groups is 2. The van der Waals surface area contributed by atoms with E-state index in [1.807, 2.05) is 0 Å². The second-order valence-electron chi connectivity index (χ2n) is 4.06. The monoisotopic (exact) mass is 302 g/mol. The fraction of sp³-hybridized carbons (Fsp3) is 0.385. The van der Waals surface area contributed by atoms with Crippen LogP contribution in [0.15, 0.2) is 18.2 Å². The third kappa shape index (κ3) is 4.19. The first-order valence-corrected chi connectivity index (χ1v) is 6.29. The number of hydrogen-bond donors (Lipinski definition) is 3. The van der Waals surface area contributed by atoms with Crippen LogP contribution in [-0.4, -0.2) is 40.0 Å². The molecule has 0 radical (unpaired) electrons. The number of carbonyl (C=O) groups excluding carboxylic acids is 1. The van der Waals surface area contributed by atoms with Crippen LogP contribution in [0.5, 0.6) is 0 Å². The van der Waals surface area contributed by atoms with Crippen LogP contribution in [0, 0.1) is 0 Å². The fourth-order valence-electron chi connectivity index (χ4n) is 1.61. The van der Waals surface area contributed by atoms with Gasteiger partial charge in [-0.25, -0.2) is 4.79 Å². The number of benzene rings is 1. The zero-order valence-electron chi connectivity index (χ0n) is 10.7. The topological polar surface area (TPSA) is 104 Å². The molecule has 1 rings (SSSR count). The molecule has 7 heteroatoms. The Kier molecular flexibility index (Phi) is 5.94. The van der Waals surface area contributed by atoms with Crippen LogP contribution >= 0.6 is 11.6 Å². The fourth-order valence-corrected chi connectivity index (χ4v) is 1.84. The number of halogens is 1. The molecule has 0 heterocycles. The minimum Gasteiger partial charge on any atom is -0.478 e. The molecular weight excluding hydrogens is 288 g/mol. The first-order valence-electron chi connectivity index (χ1n) is 5.91. The standard InChI is InChI=1S/C13H15ClO6/c1-2-20-11(16)6-10(15)12(17)8-5-7(13(18)19)3-4-9(8)14/h3-5,10,12,15,17H,2,6H2,1H3,(H,18,19). The van der Waals surface area contributed by atoms with E-state index in [9.17, 15) is 19.8 Å². The highest BCUT2D eigenvalue weighted by Gasteiger charge is 2.24. The summed E-state index contributed by atoms with van der Waals surface area (Å²) in [5.74, 6) is -1.85. The number of hydrogen-bond acceptors (Lipinski definition) is 5. The quantitative estimate of drug-likeness (QED) is 0.686. The summed E-state index contributed by atoms with van der Waals surface area (Å²) >= 11 is 5.86. The van der Waals surface area contributed by atoms with Gasteiger partial charge >= 0.3 is 11.9 Å². The molecule has 110 valence electrons. The molecule has 0 amide bonds. The van der Waals surface area contributed by atoms with Crippen molar-refractivity contribution in [2.75, 3.05) is 6.61 Å². The van der Waals surface area contributed by atoms with E-state index in [1.54, 1.807) is 6.92 Å². The predicted molar refractivity (Wildman–Crippen MR) is 70.6 cm³/mol. The van der Waals surface area contributed by atoms with Gasteiger partial charge in [0.1, 0.15) is 6.10 Å². The zero-order valence-corrected chi connectivity index (χ0v) is 11.5. The largest absolute Gasteiger partial charge is 0.478 e. The summed E-state index contributed by atoms with van der Waals surface area (Å²) in [4.78, 5) is 22.1. The maximum Gasteiger partial charge on any atom is 0.335 e. The number of carbonyl (C=O) groups is 2. The third-order valence-electron chi connectivity index (χ3n) is 2.61. The number of rotatable bonds is 6. The van der Waals surface area contributed by atoms with Gasteiger partial charge in [0.15, 0.2) is 0 Å². The summed E-state index contributed by atoms with van der Waals surface area (Å²) in [7, 11) is 0. The van der Waals surface area contributed by atoms with Crippen molar-refractivity contribution in [1.82, 2.24) is 0 Å². The minimum atomic E-state index is -1.48. The molecule has 0 aliphatic carbocycles. The van der Waals surface area contributed by atoms with Gasteiger partial charge in [-0.2, -0.15) is 0 Å². The molecule has 2 unspecified atom stereocenters. The van der Waals surface area contributed by atoms with Crippen molar-refractivity contribution in [2.24, 2.45) is 0 Å². The SMILES string of the molecule is CCOC(=O)CC(O)C(O)c1cc(C(=O)O)ccc1Cl. The number of ether oxygens (including phenoxy) is 1. The van der Waals surface area contributed by atoms with Gasteiger partial charge in [0, 0.05) is 10.6 Å². The van der Waals surface area contributed by atoms with E-state index in [-0.39, 0.29) is 22.8 Å². The lowest BCUT2D eigenvalue weighted by molar-refractivity contribution is -0.147. The van der Waals surface area contributed by atoms with E-state index < -0.39 is 30.6 Å². The summed E-state index contributed by atoms with van der Waals surface area (Å²) in [5.41, 5.74) is -0.0323. The van der Waals surface area contributed by atoms with E-state index in [4.69, 9.17) is 16.7 Å². The summed E-state index contributed by atoms with van der Waals surface area (Å²) < 4.78 is 4.65. The van der Waals surface area contributed by atoms with Crippen molar-refractivity contribution in [1.29, 1.82) is 0 Å². The number of carboxylic acid groups (broad SMARTS) is 1. The van der Waals surface area contributed by atoms with E-state index in [1.165, 1.54) is 12.1 Å². The molecule has 6 nitrogen and oxygen atoms in total. The molecule has 0 saturated heterocycles. The molecule has 0 aromatic heterocycles. The van der Waals surface area contributed by atoms with Gasteiger partial charge < -0.3 is 20.1 Å². The van der Waals surface area contributed by atoms with Gasteiger partial charge in [-0.15, -0.1) is 0 Å². The van der Waals surface area contributed by atoms with Gasteiger partial charge in [-0.1, -0.05) is 11.6 Å². The highest BCUT2D eigenvalue weighted by molar-refractivity contribution is 6.31. The summed E-state index contributed by atoms with van der Waals surface area (Å²) in [6.45, 7) is 1.78. The Labute approximate surface area is 120 Å². The zero-order chi connectivity index (χ0) is 15.3. The molecule has 20 heavy (non-hydrogen) atoms. The Morgan fingerprint density at radius 1 is 1.35 bits per heavy atom. The van der Waals surface area contributed by atoms with Crippen LogP contribution in [0.4, 0.5) is 0 Å². The second kappa shape index (κ2) is 7.23. The highest BCUT2D eigenvalue weighted by Crippen LogP contribution is 2.27. The van der Waals surface area contributed by atoms with Crippen LogP contribution in [0.25, 0.3) is 0 Å². The van der Waals surface area contributed by atoms with Crippen molar-refractivity contribution in [3.8, 4) is 0 Å². The Balaban J connectivity index is 2.90. The van der Waals surface area contributed by atoms with E-state index in [0.717, 1.165) is 6.07 Å². The number of carboxylic acids is 1. The molecule has 0 aliphatic heterocycles. The van der Waals surface area contributed by atoms with E-state index in [0.29, 0.717) is 0 Å². The van der Waals surface area contributed by atoms with Gasteiger partial charge in [0.05, 0.1) is 24.7 Å². The highest BCUT2D eigenvalue weighted by atomic mass is 35.5. The number of aromatic carboxylic acids is 1. The summed E-state index contributed by atoms with van der Waals surface area (Å²) in [5, 5.41) is 28.7. The second-order valence-corrected chi connectivity index (χ2v) is 4.47. The molecule has 3 N–H and O–H groups in total. The maximum atomic E-state index is 11.2.